The molecule has 0 saturated carbocycles. The van der Waals surface area contributed by atoms with E-state index >= 15 is 0 Å². The first kappa shape index (κ1) is 23.7. The largest absolute Gasteiger partial charge is 0.501 e. The van der Waals surface area contributed by atoms with E-state index in [0.29, 0.717) is 40.6 Å². The number of nitrogens with two attached hydrogens (primary N) is 1. The average Bonchev–Trinajstić information content (AvgIpc) is 3.35. The molecule has 3 aromatic carbocycles. The summed E-state index contributed by atoms with van der Waals surface area (Å²) in [7, 11) is 1.55. The molecule has 38 heavy (non-hydrogen) atoms. The van der Waals surface area contributed by atoms with E-state index in [0.717, 1.165) is 16.7 Å². The maximum Gasteiger partial charge on any atom is 0.297 e. The van der Waals surface area contributed by atoms with Crippen molar-refractivity contribution in [1.29, 1.82) is 0 Å². The van der Waals surface area contributed by atoms with Gasteiger partial charge >= 0.3 is 0 Å². The lowest BCUT2D eigenvalue weighted by Crippen LogP contribution is -2.40. The number of primary amides is 1. The topological polar surface area (TPSA) is 127 Å². The number of para-hydroxylation sites is 2. The Morgan fingerprint density at radius 1 is 1.08 bits per heavy atom. The number of hydrogen-bond acceptors (Lipinski definition) is 7. The fourth-order valence-corrected chi connectivity index (χ4v) is 5.23. The van der Waals surface area contributed by atoms with Crippen LogP contribution in [0.15, 0.2) is 75.9 Å². The van der Waals surface area contributed by atoms with Crippen LogP contribution in [0.25, 0.3) is 22.7 Å². The number of hydrogen-bond donors (Lipinski definition) is 2. The zero-order valence-electron chi connectivity index (χ0n) is 20.3. The number of oxazole rings is 1. The molecule has 10 heteroatoms. The zero-order valence-corrected chi connectivity index (χ0v) is 21.0. The number of benzene rings is 3. The van der Waals surface area contributed by atoms with Crippen LogP contribution in [0.3, 0.4) is 0 Å². The molecule has 0 aliphatic carbocycles. The molecule has 1 aliphatic rings. The van der Waals surface area contributed by atoms with E-state index < -0.39 is 23.3 Å². The molecule has 3 heterocycles. The van der Waals surface area contributed by atoms with Crippen LogP contribution < -0.4 is 16.2 Å². The summed E-state index contributed by atoms with van der Waals surface area (Å²) in [6.07, 6.45) is 0.562. The number of carbonyl (C=O) groups excluding carboxylic acids is 1. The number of carbonyl (C=O) groups is 1. The van der Waals surface area contributed by atoms with E-state index in [-0.39, 0.29) is 11.6 Å². The summed E-state index contributed by atoms with van der Waals surface area (Å²) in [6.45, 7) is 0.448. The van der Waals surface area contributed by atoms with Crippen LogP contribution in [0.1, 0.15) is 33.1 Å². The first-order valence-electron chi connectivity index (χ1n) is 11.9. The predicted molar refractivity (Wildman–Crippen MR) is 143 cm³/mol. The van der Waals surface area contributed by atoms with Crippen LogP contribution in [0.4, 0.5) is 5.95 Å². The van der Waals surface area contributed by atoms with Gasteiger partial charge < -0.3 is 20.2 Å². The lowest BCUT2D eigenvalue weighted by atomic mass is 9.87. The maximum absolute atomic E-state index is 13.2. The molecule has 0 bridgehead atoms. The van der Waals surface area contributed by atoms with Crippen LogP contribution in [0, 0.1) is 0 Å². The Bertz CT molecular complexity index is 1760. The average molecular weight is 528 g/mol. The summed E-state index contributed by atoms with van der Waals surface area (Å²) < 4.78 is 7.13. The van der Waals surface area contributed by atoms with Crippen molar-refractivity contribution in [2.45, 2.75) is 12.5 Å². The predicted octanol–water partition coefficient (Wildman–Crippen LogP) is 4.20. The van der Waals surface area contributed by atoms with Crippen molar-refractivity contribution in [3.8, 4) is 17.3 Å². The molecule has 0 radical (unpaired) electrons. The molecule has 6 rings (SSSR count). The summed E-state index contributed by atoms with van der Waals surface area (Å²) in [5.41, 5.74) is 9.00. The van der Waals surface area contributed by atoms with E-state index in [9.17, 15) is 14.7 Å². The van der Waals surface area contributed by atoms with Crippen LogP contribution in [-0.2, 0) is 13.5 Å². The van der Waals surface area contributed by atoms with Crippen LogP contribution in [-0.4, -0.2) is 32.1 Å². The molecule has 0 fully saturated rings. The van der Waals surface area contributed by atoms with Gasteiger partial charge in [0.2, 0.25) is 17.6 Å². The highest BCUT2D eigenvalue weighted by molar-refractivity contribution is 6.31. The normalized spacial score (nSPS) is 15.0. The zero-order chi connectivity index (χ0) is 26.6. The van der Waals surface area contributed by atoms with Crippen molar-refractivity contribution in [3.63, 3.8) is 0 Å². The van der Waals surface area contributed by atoms with Gasteiger partial charge in [-0.2, -0.15) is 0 Å². The molecule has 1 aliphatic heterocycles. The summed E-state index contributed by atoms with van der Waals surface area (Å²) in [6, 6.07) is 19.5. The molecule has 9 nitrogen and oxygen atoms in total. The van der Waals surface area contributed by atoms with Crippen LogP contribution >= 0.6 is 11.6 Å². The van der Waals surface area contributed by atoms with Gasteiger partial charge in [0.25, 0.3) is 11.4 Å². The minimum Gasteiger partial charge on any atom is -0.501 e. The molecule has 2 aromatic heterocycles. The first-order valence-corrected chi connectivity index (χ1v) is 12.3. The number of fused-ring (bicyclic) bond motifs is 2. The van der Waals surface area contributed by atoms with E-state index in [1.165, 1.54) is 4.57 Å². The van der Waals surface area contributed by atoms with E-state index in [2.05, 4.69) is 4.98 Å². The van der Waals surface area contributed by atoms with Gasteiger partial charge in [-0.15, -0.1) is 0 Å². The standard InChI is InChI=1S/C28H22ClN5O4/c1-33-27(37)24(35)22(26-31-20-8-4-5-9-21(20)38-26)32-28(33)34-13-12-15-14-16(25(30)36)10-11-17(15)23(34)18-6-2-3-7-19(18)29/h2-11,14,23,35H,12-13H2,1H3,(H2,30,36). The molecule has 1 unspecified atom stereocenters. The Hall–Kier alpha value is -4.63. The molecule has 0 spiro atoms. The highest BCUT2D eigenvalue weighted by Gasteiger charge is 2.34. The van der Waals surface area contributed by atoms with Crippen molar-refractivity contribution in [2.75, 3.05) is 11.4 Å². The second-order valence-corrected chi connectivity index (χ2v) is 9.51. The minimum absolute atomic E-state index is 0.0421. The third-order valence-electron chi connectivity index (χ3n) is 6.85. The van der Waals surface area contributed by atoms with Crippen molar-refractivity contribution in [3.05, 3.63) is 104 Å². The molecule has 5 aromatic rings. The van der Waals surface area contributed by atoms with Gasteiger partial charge in [-0.1, -0.05) is 48.0 Å². The van der Waals surface area contributed by atoms with Crippen molar-refractivity contribution in [2.24, 2.45) is 12.8 Å². The fourth-order valence-electron chi connectivity index (χ4n) is 4.99. The molecule has 190 valence electrons. The molecule has 1 amide bonds. The van der Waals surface area contributed by atoms with Crippen molar-refractivity contribution < 1.29 is 14.3 Å². The number of anilines is 1. The highest BCUT2D eigenvalue weighted by Crippen LogP contribution is 2.41. The van der Waals surface area contributed by atoms with Crippen LogP contribution in [0.2, 0.25) is 5.02 Å². The van der Waals surface area contributed by atoms with Crippen molar-refractivity contribution in [1.82, 2.24) is 14.5 Å². The summed E-state index contributed by atoms with van der Waals surface area (Å²) in [5.74, 6) is -0.712. The van der Waals surface area contributed by atoms with Gasteiger partial charge in [0.1, 0.15) is 5.52 Å². The van der Waals surface area contributed by atoms with Gasteiger partial charge in [0.15, 0.2) is 11.3 Å². The van der Waals surface area contributed by atoms with Gasteiger partial charge in [-0.05, 0) is 53.4 Å². The monoisotopic (exact) mass is 527 g/mol. The Kier molecular flexibility index (Phi) is 5.65. The summed E-state index contributed by atoms with van der Waals surface area (Å²) >= 11 is 6.67. The van der Waals surface area contributed by atoms with Gasteiger partial charge in [0.05, 0.1) is 6.04 Å². The second kappa shape index (κ2) is 9.04. The van der Waals surface area contributed by atoms with Crippen LogP contribution in [0.5, 0.6) is 5.75 Å². The number of nitrogens with zero attached hydrogens (tertiary/aromatic N) is 4. The third-order valence-corrected chi connectivity index (χ3v) is 7.20. The maximum atomic E-state index is 13.2. The van der Waals surface area contributed by atoms with Gasteiger partial charge in [0, 0.05) is 24.2 Å². The first-order chi connectivity index (χ1) is 18.3. The lowest BCUT2D eigenvalue weighted by molar-refractivity contribution is 0.1000. The quantitative estimate of drug-likeness (QED) is 0.358. The second-order valence-electron chi connectivity index (χ2n) is 9.11. The molecular weight excluding hydrogens is 506 g/mol. The Morgan fingerprint density at radius 2 is 1.84 bits per heavy atom. The van der Waals surface area contributed by atoms with Crippen molar-refractivity contribution >= 4 is 34.6 Å². The summed E-state index contributed by atoms with van der Waals surface area (Å²) in [5, 5.41) is 11.3. The van der Waals surface area contributed by atoms with E-state index in [1.54, 1.807) is 37.4 Å². The fraction of sp³-hybridized carbons (Fsp3) is 0.143. The number of rotatable bonds is 4. The molecular formula is C28H22ClN5O4. The summed E-state index contributed by atoms with van der Waals surface area (Å²) in [4.78, 5) is 36.2. The number of aromatic hydroxyl groups is 1. The van der Waals surface area contributed by atoms with Gasteiger partial charge in [-0.3, -0.25) is 14.2 Å². The lowest BCUT2D eigenvalue weighted by Gasteiger charge is -2.39. The Morgan fingerprint density at radius 3 is 2.61 bits per heavy atom. The van der Waals surface area contributed by atoms with Gasteiger partial charge in [-0.25, -0.2) is 9.97 Å². The highest BCUT2D eigenvalue weighted by atomic mass is 35.5. The number of aromatic nitrogens is 3. The third kappa shape index (κ3) is 3.79. The molecule has 3 N–H and O–H groups in total. The van der Waals surface area contributed by atoms with E-state index in [1.807, 2.05) is 41.3 Å². The Balaban J connectivity index is 1.56. The minimum atomic E-state index is -0.639. The molecule has 0 saturated heterocycles. The molecule has 1 atom stereocenters. The Labute approximate surface area is 221 Å². The number of halogens is 1. The SMILES string of the molecule is Cn1c(N2CCc3cc(C(N)=O)ccc3C2c2ccccc2Cl)nc(-c2nc3ccccc3o2)c(O)c1=O. The van der Waals surface area contributed by atoms with E-state index in [4.69, 9.17) is 26.7 Å². The smallest absolute Gasteiger partial charge is 0.297 e. The number of amides is 1.